The van der Waals surface area contributed by atoms with Crippen LogP contribution in [0.5, 0.6) is 0 Å². The Hall–Kier alpha value is -1.52. The molecule has 1 fully saturated rings. The van der Waals surface area contributed by atoms with Gasteiger partial charge in [0.15, 0.2) is 5.96 Å². The second-order valence-corrected chi connectivity index (χ2v) is 5.87. The first-order valence-electron chi connectivity index (χ1n) is 8.32. The summed E-state index contributed by atoms with van der Waals surface area (Å²) in [6.45, 7) is 6.86. The predicted molar refractivity (Wildman–Crippen MR) is 87.6 cm³/mol. The van der Waals surface area contributed by atoms with E-state index in [0.29, 0.717) is 6.04 Å². The minimum absolute atomic E-state index is 0.602. The normalized spacial score (nSPS) is 17.0. The van der Waals surface area contributed by atoms with E-state index in [-0.39, 0.29) is 0 Å². The third-order valence-corrected chi connectivity index (χ3v) is 3.87. The minimum Gasteiger partial charge on any atom is -0.357 e. The molecule has 1 aromatic rings. The first-order valence-corrected chi connectivity index (χ1v) is 8.32. The van der Waals surface area contributed by atoms with Crippen LogP contribution in [0.1, 0.15) is 51.0 Å². The second-order valence-electron chi connectivity index (χ2n) is 5.87. The summed E-state index contributed by atoms with van der Waals surface area (Å²) in [6.07, 6.45) is 11.6. The minimum atomic E-state index is 0.602. The molecule has 0 aromatic carbocycles. The molecule has 0 saturated heterocycles. The largest absolute Gasteiger partial charge is 0.357 e. The molecule has 21 heavy (non-hydrogen) atoms. The first-order chi connectivity index (χ1) is 10.3. The van der Waals surface area contributed by atoms with Crippen molar-refractivity contribution in [2.75, 3.05) is 13.1 Å². The number of aryl methyl sites for hydroxylation is 2. The number of aliphatic imine (C=N–C) groups is 1. The number of hydrogen-bond donors (Lipinski definition) is 2. The maximum Gasteiger partial charge on any atom is 0.191 e. The van der Waals surface area contributed by atoms with Gasteiger partial charge in [-0.05, 0) is 38.7 Å². The highest BCUT2D eigenvalue weighted by Crippen LogP contribution is 2.17. The molecule has 1 aliphatic rings. The van der Waals surface area contributed by atoms with E-state index in [1.165, 1.54) is 37.7 Å². The number of rotatable bonds is 6. The van der Waals surface area contributed by atoms with Crippen molar-refractivity contribution in [3.63, 3.8) is 0 Å². The molecule has 1 saturated carbocycles. The molecule has 1 aromatic heterocycles. The molecule has 0 unspecified atom stereocenters. The molecule has 2 rings (SSSR count). The summed E-state index contributed by atoms with van der Waals surface area (Å²) in [5, 5.41) is 11.2. The Morgan fingerprint density at radius 2 is 2.19 bits per heavy atom. The molecule has 5 heteroatoms. The van der Waals surface area contributed by atoms with Crippen molar-refractivity contribution >= 4 is 5.96 Å². The maximum absolute atomic E-state index is 4.68. The van der Waals surface area contributed by atoms with Gasteiger partial charge in [-0.2, -0.15) is 5.10 Å². The van der Waals surface area contributed by atoms with E-state index in [2.05, 4.69) is 40.8 Å². The molecule has 0 radical (unpaired) electrons. The Morgan fingerprint density at radius 3 is 2.86 bits per heavy atom. The second kappa shape index (κ2) is 8.70. The van der Waals surface area contributed by atoms with Crippen LogP contribution in [-0.4, -0.2) is 34.9 Å². The fourth-order valence-electron chi connectivity index (χ4n) is 2.77. The van der Waals surface area contributed by atoms with E-state index < -0.39 is 0 Å². The van der Waals surface area contributed by atoms with Crippen molar-refractivity contribution in [3.8, 4) is 0 Å². The number of guanidine groups is 1. The van der Waals surface area contributed by atoms with Crippen molar-refractivity contribution in [2.45, 2.75) is 65.0 Å². The molecule has 118 valence electrons. The zero-order chi connectivity index (χ0) is 14.9. The Morgan fingerprint density at radius 1 is 1.38 bits per heavy atom. The van der Waals surface area contributed by atoms with Crippen molar-refractivity contribution in [1.82, 2.24) is 20.4 Å². The van der Waals surface area contributed by atoms with Crippen LogP contribution in [0, 0.1) is 6.92 Å². The summed E-state index contributed by atoms with van der Waals surface area (Å²) in [6, 6.07) is 0.602. The van der Waals surface area contributed by atoms with Crippen LogP contribution in [0.2, 0.25) is 0 Å². The van der Waals surface area contributed by atoms with Crippen LogP contribution in [-0.2, 0) is 6.54 Å². The van der Waals surface area contributed by atoms with Gasteiger partial charge in [0.2, 0.25) is 0 Å². The topological polar surface area (TPSA) is 54.2 Å². The molecule has 1 aliphatic carbocycles. The summed E-state index contributed by atoms with van der Waals surface area (Å²) < 4.78 is 1.99. The Kier molecular flexibility index (Phi) is 6.57. The molecular formula is C16H29N5. The fraction of sp³-hybridized carbons (Fsp3) is 0.750. The lowest BCUT2D eigenvalue weighted by molar-refractivity contribution is 0.410. The first kappa shape index (κ1) is 15.9. The van der Waals surface area contributed by atoms with Crippen molar-refractivity contribution in [2.24, 2.45) is 4.99 Å². The average molecular weight is 291 g/mol. The smallest absolute Gasteiger partial charge is 0.191 e. The SMILES string of the molecule is CCNC(=NCCCn1cc(C)cn1)NC1CCCCC1. The zero-order valence-corrected chi connectivity index (χ0v) is 13.4. The number of aromatic nitrogens is 2. The van der Waals surface area contributed by atoms with Gasteiger partial charge < -0.3 is 10.6 Å². The Balaban J connectivity index is 1.74. The van der Waals surface area contributed by atoms with E-state index in [1.54, 1.807) is 0 Å². The van der Waals surface area contributed by atoms with Gasteiger partial charge in [-0.25, -0.2) is 0 Å². The third-order valence-electron chi connectivity index (χ3n) is 3.87. The van der Waals surface area contributed by atoms with Gasteiger partial charge in [-0.1, -0.05) is 19.3 Å². The molecule has 0 amide bonds. The van der Waals surface area contributed by atoms with E-state index in [1.807, 2.05) is 10.9 Å². The van der Waals surface area contributed by atoms with E-state index in [4.69, 9.17) is 0 Å². The highest BCUT2D eigenvalue weighted by Gasteiger charge is 2.14. The Bertz CT molecular complexity index is 432. The summed E-state index contributed by atoms with van der Waals surface area (Å²) in [7, 11) is 0. The molecule has 0 atom stereocenters. The van der Waals surface area contributed by atoms with Gasteiger partial charge in [0, 0.05) is 31.9 Å². The van der Waals surface area contributed by atoms with Gasteiger partial charge in [0.05, 0.1) is 6.20 Å². The number of hydrogen-bond acceptors (Lipinski definition) is 2. The van der Waals surface area contributed by atoms with Crippen LogP contribution in [0.3, 0.4) is 0 Å². The zero-order valence-electron chi connectivity index (χ0n) is 13.4. The van der Waals surface area contributed by atoms with Gasteiger partial charge in [0.25, 0.3) is 0 Å². The molecule has 0 aliphatic heterocycles. The van der Waals surface area contributed by atoms with E-state index in [9.17, 15) is 0 Å². The molecule has 0 bridgehead atoms. The quantitative estimate of drug-likeness (QED) is 0.481. The van der Waals surface area contributed by atoms with Crippen molar-refractivity contribution in [3.05, 3.63) is 18.0 Å². The summed E-state index contributed by atoms with van der Waals surface area (Å²) in [5.74, 6) is 0.973. The number of nitrogens with one attached hydrogen (secondary N) is 2. The monoisotopic (exact) mass is 291 g/mol. The average Bonchev–Trinajstić information content (AvgIpc) is 2.90. The molecule has 2 N–H and O–H groups in total. The lowest BCUT2D eigenvalue weighted by atomic mass is 9.96. The standard InChI is InChI=1S/C16H29N5/c1-3-17-16(20-15-8-5-4-6-9-15)18-10-7-11-21-13-14(2)12-19-21/h12-13,15H,3-11H2,1-2H3,(H2,17,18,20). The van der Waals surface area contributed by atoms with Crippen LogP contribution < -0.4 is 10.6 Å². The summed E-state index contributed by atoms with van der Waals surface area (Å²) >= 11 is 0. The van der Waals surface area contributed by atoms with Gasteiger partial charge in [-0.15, -0.1) is 0 Å². The summed E-state index contributed by atoms with van der Waals surface area (Å²) in [4.78, 5) is 4.68. The lowest BCUT2D eigenvalue weighted by Gasteiger charge is -2.24. The fourth-order valence-corrected chi connectivity index (χ4v) is 2.77. The van der Waals surface area contributed by atoms with Gasteiger partial charge >= 0.3 is 0 Å². The van der Waals surface area contributed by atoms with E-state index >= 15 is 0 Å². The lowest BCUT2D eigenvalue weighted by Crippen LogP contribution is -2.44. The van der Waals surface area contributed by atoms with Crippen molar-refractivity contribution < 1.29 is 0 Å². The highest BCUT2D eigenvalue weighted by atomic mass is 15.3. The van der Waals surface area contributed by atoms with Crippen molar-refractivity contribution in [1.29, 1.82) is 0 Å². The van der Waals surface area contributed by atoms with Crippen LogP contribution in [0.4, 0.5) is 0 Å². The van der Waals surface area contributed by atoms with Crippen LogP contribution in [0.15, 0.2) is 17.4 Å². The predicted octanol–water partition coefficient (Wildman–Crippen LogP) is 2.47. The molecule has 1 heterocycles. The molecule has 0 spiro atoms. The van der Waals surface area contributed by atoms with Gasteiger partial charge in [0.1, 0.15) is 0 Å². The molecule has 5 nitrogen and oxygen atoms in total. The maximum atomic E-state index is 4.68. The summed E-state index contributed by atoms with van der Waals surface area (Å²) in [5.41, 5.74) is 1.21. The third kappa shape index (κ3) is 5.78. The molecular weight excluding hydrogens is 262 g/mol. The van der Waals surface area contributed by atoms with E-state index in [0.717, 1.165) is 32.0 Å². The van der Waals surface area contributed by atoms with Gasteiger partial charge in [-0.3, -0.25) is 9.67 Å². The number of nitrogens with zero attached hydrogens (tertiary/aromatic N) is 3. The van der Waals surface area contributed by atoms with Crippen LogP contribution in [0.25, 0.3) is 0 Å². The Labute approximate surface area is 128 Å². The highest BCUT2D eigenvalue weighted by molar-refractivity contribution is 5.80. The van der Waals surface area contributed by atoms with Crippen LogP contribution >= 0.6 is 0 Å².